The number of esters is 1. The highest BCUT2D eigenvalue weighted by Gasteiger charge is 2.63. The first kappa shape index (κ1) is 26.3. The lowest BCUT2D eigenvalue weighted by atomic mass is 9.78. The van der Waals surface area contributed by atoms with Crippen LogP contribution in [0, 0.1) is 5.92 Å². The standard InChI is InChI=1S/C33H40N2O3/c1-5-14-26-21-27-29-28(23(2)30(27)34(26)20-13-12-17-24-15-8-6-9-16-24)22-35(33(29,3)32(37)38-4)31(36)25-18-10-7-11-19-25/h6-11,15-16,18-19,21,23,28-29H,5,12-14,17,20,22H2,1-4H3/t23?,28-,29+,33+/m0/s1. The van der Waals surface area contributed by atoms with Gasteiger partial charge in [0.2, 0.25) is 0 Å². The number of carbonyl (C=O) groups is 2. The van der Waals surface area contributed by atoms with Crippen LogP contribution in [0.5, 0.6) is 0 Å². The molecule has 0 saturated carbocycles. The van der Waals surface area contributed by atoms with Gasteiger partial charge in [-0.1, -0.05) is 68.8 Å². The molecule has 5 rings (SSSR count). The third-order valence-corrected chi connectivity index (χ3v) is 8.96. The van der Waals surface area contributed by atoms with Gasteiger partial charge in [0, 0.05) is 41.9 Å². The van der Waals surface area contributed by atoms with Gasteiger partial charge < -0.3 is 14.2 Å². The Morgan fingerprint density at radius 2 is 1.68 bits per heavy atom. The van der Waals surface area contributed by atoms with E-state index in [4.69, 9.17) is 4.74 Å². The Bertz CT molecular complexity index is 1280. The van der Waals surface area contributed by atoms with Crippen molar-refractivity contribution in [3.8, 4) is 0 Å². The van der Waals surface area contributed by atoms with Crippen molar-refractivity contribution in [1.29, 1.82) is 0 Å². The van der Waals surface area contributed by atoms with E-state index in [0.29, 0.717) is 12.1 Å². The predicted molar refractivity (Wildman–Crippen MR) is 150 cm³/mol. The van der Waals surface area contributed by atoms with Crippen LogP contribution >= 0.6 is 0 Å². The summed E-state index contributed by atoms with van der Waals surface area (Å²) in [5, 5.41) is 0. The van der Waals surface area contributed by atoms with Crippen LogP contribution in [0.1, 0.15) is 84.7 Å². The number of methoxy groups -OCH3 is 1. The highest BCUT2D eigenvalue weighted by atomic mass is 16.5. The van der Waals surface area contributed by atoms with E-state index in [1.807, 2.05) is 37.3 Å². The van der Waals surface area contributed by atoms with E-state index in [9.17, 15) is 9.59 Å². The Balaban J connectivity index is 1.46. The molecule has 2 aliphatic rings. The molecule has 2 aromatic carbocycles. The molecule has 1 aliphatic carbocycles. The van der Waals surface area contributed by atoms with E-state index in [1.165, 1.54) is 29.6 Å². The number of amides is 1. The Morgan fingerprint density at radius 1 is 1.00 bits per heavy atom. The lowest BCUT2D eigenvalue weighted by Crippen LogP contribution is -2.54. The lowest BCUT2D eigenvalue weighted by Gasteiger charge is -2.36. The summed E-state index contributed by atoms with van der Waals surface area (Å²) >= 11 is 0. The number of hydrogen-bond donors (Lipinski definition) is 0. The zero-order valence-electron chi connectivity index (χ0n) is 23.2. The fraction of sp³-hybridized carbons (Fsp3) is 0.455. The second-order valence-corrected chi connectivity index (χ2v) is 11.2. The zero-order valence-corrected chi connectivity index (χ0v) is 23.2. The minimum absolute atomic E-state index is 0.0752. The molecule has 4 atom stereocenters. The molecule has 1 aromatic heterocycles. The Morgan fingerprint density at radius 3 is 2.34 bits per heavy atom. The smallest absolute Gasteiger partial charge is 0.332 e. The summed E-state index contributed by atoms with van der Waals surface area (Å²) in [6.07, 6.45) is 5.43. The molecule has 3 aromatic rings. The van der Waals surface area contributed by atoms with Gasteiger partial charge in [-0.3, -0.25) is 4.79 Å². The van der Waals surface area contributed by atoms with E-state index < -0.39 is 5.54 Å². The summed E-state index contributed by atoms with van der Waals surface area (Å²) in [5.41, 5.74) is 4.91. The minimum atomic E-state index is -1.05. The van der Waals surface area contributed by atoms with Gasteiger partial charge in [0.25, 0.3) is 5.91 Å². The number of aromatic nitrogens is 1. The van der Waals surface area contributed by atoms with Crippen LogP contribution in [0.3, 0.4) is 0 Å². The Labute approximate surface area is 226 Å². The quantitative estimate of drug-likeness (QED) is 0.247. The second-order valence-electron chi connectivity index (χ2n) is 11.2. The molecule has 38 heavy (non-hydrogen) atoms. The largest absolute Gasteiger partial charge is 0.467 e. The van der Waals surface area contributed by atoms with Crippen molar-refractivity contribution in [2.45, 2.75) is 76.8 Å². The fourth-order valence-electron chi connectivity index (χ4n) is 7.12. The topological polar surface area (TPSA) is 51.5 Å². The number of carbonyl (C=O) groups excluding carboxylic acids is 2. The molecule has 5 heteroatoms. The van der Waals surface area contributed by atoms with Gasteiger partial charge in [-0.15, -0.1) is 0 Å². The first-order valence-electron chi connectivity index (χ1n) is 14.1. The number of likely N-dealkylation sites (tertiary alicyclic amines) is 1. The van der Waals surface area contributed by atoms with E-state index in [1.54, 1.807) is 4.90 Å². The first-order valence-corrected chi connectivity index (χ1v) is 14.1. The average Bonchev–Trinajstić information content (AvgIpc) is 3.55. The number of benzene rings is 2. The van der Waals surface area contributed by atoms with Crippen molar-refractivity contribution in [3.05, 3.63) is 94.8 Å². The molecule has 0 bridgehead atoms. The van der Waals surface area contributed by atoms with Gasteiger partial charge in [0.15, 0.2) is 0 Å². The maximum atomic E-state index is 13.7. The molecular weight excluding hydrogens is 472 g/mol. The van der Waals surface area contributed by atoms with Gasteiger partial charge in [0.05, 0.1) is 7.11 Å². The summed E-state index contributed by atoms with van der Waals surface area (Å²) in [6.45, 7) is 7.97. The van der Waals surface area contributed by atoms with Crippen molar-refractivity contribution >= 4 is 11.9 Å². The van der Waals surface area contributed by atoms with Crippen LogP contribution in [0.25, 0.3) is 0 Å². The monoisotopic (exact) mass is 512 g/mol. The number of unbranched alkanes of at least 4 members (excludes halogenated alkanes) is 1. The van der Waals surface area contributed by atoms with Crippen molar-refractivity contribution in [2.24, 2.45) is 5.92 Å². The molecule has 0 N–H and O–H groups in total. The van der Waals surface area contributed by atoms with E-state index >= 15 is 0 Å². The highest BCUT2D eigenvalue weighted by Crippen LogP contribution is 2.58. The third kappa shape index (κ3) is 4.36. The van der Waals surface area contributed by atoms with Gasteiger partial charge in [0.1, 0.15) is 5.54 Å². The molecule has 2 heterocycles. The number of hydrogen-bond acceptors (Lipinski definition) is 3. The number of nitrogens with zero attached hydrogens (tertiary/aromatic N) is 2. The molecule has 1 aliphatic heterocycles. The van der Waals surface area contributed by atoms with Crippen molar-refractivity contribution in [2.75, 3.05) is 13.7 Å². The third-order valence-electron chi connectivity index (χ3n) is 8.96. The molecule has 200 valence electrons. The number of fused-ring (bicyclic) bond motifs is 3. The van der Waals surface area contributed by atoms with Gasteiger partial charge >= 0.3 is 5.97 Å². The molecule has 5 nitrogen and oxygen atoms in total. The molecule has 1 unspecified atom stereocenters. The van der Waals surface area contributed by atoms with Crippen LogP contribution in [-0.2, 0) is 28.9 Å². The van der Waals surface area contributed by atoms with Gasteiger partial charge in [-0.05, 0) is 67.9 Å². The van der Waals surface area contributed by atoms with Crippen LogP contribution in [0.15, 0.2) is 66.7 Å². The minimum Gasteiger partial charge on any atom is -0.467 e. The molecule has 0 spiro atoms. The maximum Gasteiger partial charge on any atom is 0.332 e. The van der Waals surface area contributed by atoms with Crippen molar-refractivity contribution < 1.29 is 14.3 Å². The first-order chi connectivity index (χ1) is 18.4. The average molecular weight is 513 g/mol. The summed E-state index contributed by atoms with van der Waals surface area (Å²) in [7, 11) is 1.44. The van der Waals surface area contributed by atoms with Gasteiger partial charge in [-0.25, -0.2) is 4.79 Å². The molecule has 1 fully saturated rings. The van der Waals surface area contributed by atoms with E-state index in [-0.39, 0.29) is 29.6 Å². The molecular formula is C33H40N2O3. The number of rotatable bonds is 9. The van der Waals surface area contributed by atoms with Crippen LogP contribution in [-0.4, -0.2) is 40.5 Å². The van der Waals surface area contributed by atoms with Crippen LogP contribution < -0.4 is 0 Å². The SMILES string of the molecule is CCCc1cc2c(n1CCCCc1ccccc1)C(C)[C@@H]1CN(C(=O)c3ccccc3)[C@@](C)(C(=O)OC)[C@H]21. The Hall–Kier alpha value is -3.34. The fourth-order valence-corrected chi connectivity index (χ4v) is 7.12. The summed E-state index contributed by atoms with van der Waals surface area (Å²) in [6, 6.07) is 22.3. The lowest BCUT2D eigenvalue weighted by molar-refractivity contribution is -0.151. The molecule has 0 radical (unpaired) electrons. The molecule has 1 saturated heterocycles. The summed E-state index contributed by atoms with van der Waals surface area (Å²) in [4.78, 5) is 29.0. The zero-order chi connectivity index (χ0) is 26.9. The Kier molecular flexibility index (Phi) is 7.47. The number of aryl methyl sites for hydroxylation is 2. The van der Waals surface area contributed by atoms with Gasteiger partial charge in [-0.2, -0.15) is 0 Å². The van der Waals surface area contributed by atoms with E-state index in [0.717, 1.165) is 38.6 Å². The highest BCUT2D eigenvalue weighted by molar-refractivity contribution is 5.99. The number of ether oxygens (including phenoxy) is 1. The predicted octanol–water partition coefficient (Wildman–Crippen LogP) is 6.37. The van der Waals surface area contributed by atoms with Crippen molar-refractivity contribution in [1.82, 2.24) is 9.47 Å². The normalized spacial score (nSPS) is 23.8. The van der Waals surface area contributed by atoms with Crippen LogP contribution in [0.2, 0.25) is 0 Å². The summed E-state index contributed by atoms with van der Waals surface area (Å²) in [5.74, 6) is -0.0677. The van der Waals surface area contributed by atoms with Crippen LogP contribution in [0.4, 0.5) is 0 Å². The maximum absolute atomic E-state index is 13.7. The van der Waals surface area contributed by atoms with Crippen molar-refractivity contribution in [3.63, 3.8) is 0 Å². The van der Waals surface area contributed by atoms with E-state index in [2.05, 4.69) is 54.8 Å². The molecule has 1 amide bonds. The summed E-state index contributed by atoms with van der Waals surface area (Å²) < 4.78 is 7.93. The second kappa shape index (κ2) is 10.8.